The Kier molecular flexibility index (Phi) is 11.4. The molecule has 0 bridgehead atoms. The predicted molar refractivity (Wildman–Crippen MR) is 101 cm³/mol. The van der Waals surface area contributed by atoms with Crippen molar-refractivity contribution in [1.29, 1.82) is 0 Å². The highest BCUT2D eigenvalue weighted by atomic mass is 127. The number of ether oxygens (including phenoxy) is 1. The molecule has 0 spiro atoms. The summed E-state index contributed by atoms with van der Waals surface area (Å²) in [7, 11) is 1.63. The maximum atomic E-state index is 11.9. The zero-order chi connectivity index (χ0) is 18.2. The van der Waals surface area contributed by atoms with E-state index in [-0.39, 0.29) is 48.5 Å². The number of nitrogens with one attached hydrogen (secondary N) is 2. The fourth-order valence-corrected chi connectivity index (χ4v) is 2.40. The molecule has 0 radical (unpaired) electrons. The molecule has 1 saturated heterocycles. The molecule has 10 heteroatoms. The minimum absolute atomic E-state index is 0. The highest BCUT2D eigenvalue weighted by Crippen LogP contribution is 2.14. The Morgan fingerprint density at radius 3 is 2.64 bits per heavy atom. The first-order valence-electron chi connectivity index (χ1n) is 8.13. The van der Waals surface area contributed by atoms with Gasteiger partial charge in [0.15, 0.2) is 5.96 Å². The lowest BCUT2D eigenvalue weighted by Crippen LogP contribution is -2.45. The van der Waals surface area contributed by atoms with Crippen LogP contribution in [0.5, 0.6) is 0 Å². The highest BCUT2D eigenvalue weighted by Gasteiger charge is 2.28. The van der Waals surface area contributed by atoms with Gasteiger partial charge in [-0.15, -0.1) is 24.0 Å². The lowest BCUT2D eigenvalue weighted by Gasteiger charge is -2.20. The van der Waals surface area contributed by atoms with Crippen molar-refractivity contribution in [3.8, 4) is 0 Å². The van der Waals surface area contributed by atoms with Gasteiger partial charge in [-0.3, -0.25) is 9.79 Å². The monoisotopic (exact) mass is 480 g/mol. The average Bonchev–Trinajstić information content (AvgIpc) is 2.95. The summed E-state index contributed by atoms with van der Waals surface area (Å²) in [5.74, 6) is 0.705. The number of carbonyl (C=O) groups is 1. The first kappa shape index (κ1) is 24.2. The molecule has 0 aromatic heterocycles. The third-order valence-corrected chi connectivity index (χ3v) is 3.58. The zero-order valence-corrected chi connectivity index (χ0v) is 17.2. The summed E-state index contributed by atoms with van der Waals surface area (Å²) >= 11 is 0. The van der Waals surface area contributed by atoms with Crippen molar-refractivity contribution in [1.82, 2.24) is 15.5 Å². The molecule has 0 aliphatic carbocycles. The topological polar surface area (TPSA) is 66.0 Å². The van der Waals surface area contributed by atoms with Crippen LogP contribution in [0.25, 0.3) is 0 Å². The van der Waals surface area contributed by atoms with E-state index in [4.69, 9.17) is 0 Å². The van der Waals surface area contributed by atoms with Crippen molar-refractivity contribution >= 4 is 35.8 Å². The smallest absolute Gasteiger partial charge is 0.372 e. The van der Waals surface area contributed by atoms with Crippen molar-refractivity contribution in [2.45, 2.75) is 38.9 Å². The number of amides is 1. The standard InChI is InChI=1S/C15H27F3N4O2.HI/c1-11(2)13(23)22-7-5-12(9-22)21-14(19-3)20-6-4-8-24-10-15(16,17)18;/h11-12H,4-10H2,1-3H3,(H2,19,20,21);1H. The SMILES string of the molecule is CN=C(NCCCOCC(F)(F)F)NC1CCN(C(=O)C(C)C)C1.I. The lowest BCUT2D eigenvalue weighted by atomic mass is 10.2. The van der Waals surface area contributed by atoms with E-state index in [0.717, 1.165) is 13.0 Å². The van der Waals surface area contributed by atoms with Crippen LogP contribution in [0.2, 0.25) is 0 Å². The number of carbonyl (C=O) groups excluding carboxylic acids is 1. The van der Waals surface area contributed by atoms with E-state index in [1.807, 2.05) is 18.7 Å². The van der Waals surface area contributed by atoms with Crippen molar-refractivity contribution in [3.05, 3.63) is 0 Å². The van der Waals surface area contributed by atoms with Crippen LogP contribution in [0.1, 0.15) is 26.7 Å². The van der Waals surface area contributed by atoms with Gasteiger partial charge in [0.05, 0.1) is 0 Å². The summed E-state index contributed by atoms with van der Waals surface area (Å²) in [4.78, 5) is 17.9. The summed E-state index contributed by atoms with van der Waals surface area (Å²) in [5.41, 5.74) is 0. The van der Waals surface area contributed by atoms with Crippen LogP contribution >= 0.6 is 24.0 Å². The predicted octanol–water partition coefficient (Wildman–Crippen LogP) is 2.00. The fraction of sp³-hybridized carbons (Fsp3) is 0.867. The van der Waals surface area contributed by atoms with Gasteiger partial charge < -0.3 is 20.3 Å². The molecule has 1 fully saturated rings. The minimum atomic E-state index is -4.28. The Labute approximate surface area is 164 Å². The van der Waals surface area contributed by atoms with Gasteiger partial charge in [-0.25, -0.2) is 0 Å². The largest absolute Gasteiger partial charge is 0.411 e. The first-order chi connectivity index (χ1) is 11.2. The molecule has 1 aliphatic heterocycles. The summed E-state index contributed by atoms with van der Waals surface area (Å²) in [5, 5.41) is 6.26. The summed E-state index contributed by atoms with van der Waals surface area (Å²) in [6, 6.07) is 0.125. The van der Waals surface area contributed by atoms with Crippen LogP contribution in [-0.4, -0.2) is 68.9 Å². The van der Waals surface area contributed by atoms with Crippen molar-refractivity contribution in [2.24, 2.45) is 10.9 Å². The Morgan fingerprint density at radius 1 is 1.40 bits per heavy atom. The number of aliphatic imine (C=N–C) groups is 1. The molecule has 25 heavy (non-hydrogen) atoms. The number of hydrogen-bond acceptors (Lipinski definition) is 3. The van der Waals surface area contributed by atoms with E-state index < -0.39 is 12.8 Å². The highest BCUT2D eigenvalue weighted by molar-refractivity contribution is 14.0. The Bertz CT molecular complexity index is 433. The second-order valence-electron chi connectivity index (χ2n) is 6.09. The van der Waals surface area contributed by atoms with Crippen molar-refractivity contribution in [2.75, 3.05) is 39.9 Å². The second-order valence-corrected chi connectivity index (χ2v) is 6.09. The van der Waals surface area contributed by atoms with Crippen LogP contribution in [0.3, 0.4) is 0 Å². The molecule has 0 saturated carbocycles. The molecule has 1 amide bonds. The van der Waals surface area contributed by atoms with Gasteiger partial charge in [0.2, 0.25) is 5.91 Å². The molecule has 1 aliphatic rings. The molecule has 1 rings (SSSR count). The van der Waals surface area contributed by atoms with E-state index in [0.29, 0.717) is 25.5 Å². The fourth-order valence-electron chi connectivity index (χ4n) is 2.40. The number of alkyl halides is 3. The molecule has 1 atom stereocenters. The van der Waals surface area contributed by atoms with Gasteiger partial charge in [-0.1, -0.05) is 13.8 Å². The van der Waals surface area contributed by atoms with Crippen LogP contribution in [-0.2, 0) is 9.53 Å². The summed E-state index contributed by atoms with van der Waals surface area (Å²) < 4.78 is 40.3. The third-order valence-electron chi connectivity index (χ3n) is 3.58. The quantitative estimate of drug-likeness (QED) is 0.253. The van der Waals surface area contributed by atoms with E-state index in [1.165, 1.54) is 0 Å². The molecule has 148 valence electrons. The summed E-state index contributed by atoms with van der Waals surface area (Å²) in [6.07, 6.45) is -3.00. The van der Waals surface area contributed by atoms with Crippen LogP contribution in [0.15, 0.2) is 4.99 Å². The number of nitrogens with zero attached hydrogens (tertiary/aromatic N) is 2. The molecular formula is C15H28F3IN4O2. The maximum Gasteiger partial charge on any atom is 0.411 e. The Hall–Kier alpha value is -0.780. The normalized spacial score (nSPS) is 18.3. The van der Waals surface area contributed by atoms with Crippen LogP contribution < -0.4 is 10.6 Å². The number of hydrogen-bond donors (Lipinski definition) is 2. The van der Waals surface area contributed by atoms with E-state index in [2.05, 4.69) is 20.4 Å². The lowest BCUT2D eigenvalue weighted by molar-refractivity contribution is -0.173. The van der Waals surface area contributed by atoms with E-state index in [9.17, 15) is 18.0 Å². The van der Waals surface area contributed by atoms with Gasteiger partial charge >= 0.3 is 6.18 Å². The zero-order valence-electron chi connectivity index (χ0n) is 14.9. The number of rotatable bonds is 7. The minimum Gasteiger partial charge on any atom is -0.372 e. The van der Waals surface area contributed by atoms with Gasteiger partial charge in [0.1, 0.15) is 6.61 Å². The van der Waals surface area contributed by atoms with Gasteiger partial charge in [0, 0.05) is 45.2 Å². The molecule has 1 unspecified atom stereocenters. The Balaban J connectivity index is 0.00000576. The number of likely N-dealkylation sites (tertiary alicyclic amines) is 1. The van der Waals surface area contributed by atoms with E-state index >= 15 is 0 Å². The van der Waals surface area contributed by atoms with E-state index in [1.54, 1.807) is 7.05 Å². The van der Waals surface area contributed by atoms with Crippen molar-refractivity contribution < 1.29 is 22.7 Å². The number of guanidine groups is 1. The van der Waals surface area contributed by atoms with Crippen molar-refractivity contribution in [3.63, 3.8) is 0 Å². The number of halogens is 4. The van der Waals surface area contributed by atoms with Crippen LogP contribution in [0.4, 0.5) is 13.2 Å². The molecule has 0 aromatic rings. The summed E-state index contributed by atoms with van der Waals surface area (Å²) in [6.45, 7) is 4.38. The molecule has 2 N–H and O–H groups in total. The third kappa shape index (κ3) is 10.1. The van der Waals surface area contributed by atoms with Gasteiger partial charge in [0.25, 0.3) is 0 Å². The molecular weight excluding hydrogens is 452 g/mol. The molecule has 6 nitrogen and oxygen atoms in total. The molecule has 0 aromatic carbocycles. The Morgan fingerprint density at radius 2 is 2.08 bits per heavy atom. The first-order valence-corrected chi connectivity index (χ1v) is 8.13. The molecule has 1 heterocycles. The maximum absolute atomic E-state index is 11.9. The average molecular weight is 480 g/mol. The van der Waals surface area contributed by atoms with Gasteiger partial charge in [-0.2, -0.15) is 13.2 Å². The second kappa shape index (κ2) is 11.8. The van der Waals surface area contributed by atoms with Gasteiger partial charge in [-0.05, 0) is 12.8 Å². The van der Waals surface area contributed by atoms with Crippen LogP contribution in [0, 0.1) is 5.92 Å².